The largest absolute Gasteiger partial charge is 0.504 e. The highest BCUT2D eigenvalue weighted by molar-refractivity contribution is 5.85. The zero-order chi connectivity index (χ0) is 28.6. The fourth-order valence-electron chi connectivity index (χ4n) is 5.78. The molecule has 3 N–H and O–H groups in total. The second-order valence-corrected chi connectivity index (χ2v) is 10.4. The van der Waals surface area contributed by atoms with Gasteiger partial charge in [0.1, 0.15) is 5.76 Å². The Hall–Kier alpha value is -4.54. The van der Waals surface area contributed by atoms with Crippen LogP contribution < -0.4 is 21.0 Å². The highest BCUT2D eigenvalue weighted by Crippen LogP contribution is 2.37. The number of benzene rings is 1. The summed E-state index contributed by atoms with van der Waals surface area (Å²) in [4.78, 5) is 52.5. The number of hydrogen-bond acceptors (Lipinski definition) is 8. The molecule has 2 amide bonds. The van der Waals surface area contributed by atoms with E-state index in [1.807, 2.05) is 6.07 Å². The summed E-state index contributed by atoms with van der Waals surface area (Å²) in [6.45, 7) is 2.86. The van der Waals surface area contributed by atoms with E-state index in [-0.39, 0.29) is 59.3 Å². The SMILES string of the molecule is COc1cc(C(CC(=O)NCC(=O)N2CC3CC(C2)c2cccc(=O)n2C3)c2oc(C)cc(=O)c2O)ccc1O. The predicted molar refractivity (Wildman–Crippen MR) is 144 cm³/mol. The lowest BCUT2D eigenvalue weighted by Gasteiger charge is -2.42. The second kappa shape index (κ2) is 10.9. The number of aromatic nitrogens is 1. The summed E-state index contributed by atoms with van der Waals surface area (Å²) in [5.74, 6) is -1.85. The van der Waals surface area contributed by atoms with Gasteiger partial charge in [-0.05, 0) is 43.0 Å². The summed E-state index contributed by atoms with van der Waals surface area (Å²) in [5, 5.41) is 23.2. The van der Waals surface area contributed by atoms with Gasteiger partial charge in [0, 0.05) is 49.8 Å². The average molecular weight is 550 g/mol. The number of nitrogens with zero attached hydrogens (tertiary/aromatic N) is 2. The average Bonchev–Trinajstić information content (AvgIpc) is 2.93. The monoisotopic (exact) mass is 549 g/mol. The van der Waals surface area contributed by atoms with Crippen LogP contribution in [0.2, 0.25) is 0 Å². The molecule has 2 aliphatic heterocycles. The van der Waals surface area contributed by atoms with Crippen molar-refractivity contribution in [3.05, 3.63) is 85.8 Å². The second-order valence-electron chi connectivity index (χ2n) is 10.4. The molecule has 0 spiro atoms. The minimum atomic E-state index is -0.902. The van der Waals surface area contributed by atoms with Gasteiger partial charge < -0.3 is 34.2 Å². The molecule has 11 heteroatoms. The quantitative estimate of drug-likeness (QED) is 0.404. The van der Waals surface area contributed by atoms with E-state index >= 15 is 0 Å². The Bertz CT molecular complexity index is 1580. The smallest absolute Gasteiger partial charge is 0.250 e. The van der Waals surface area contributed by atoms with Crippen LogP contribution in [0.4, 0.5) is 0 Å². The van der Waals surface area contributed by atoms with E-state index < -0.39 is 23.0 Å². The fraction of sp³-hybridized carbons (Fsp3) is 0.379. The zero-order valence-corrected chi connectivity index (χ0v) is 22.3. The minimum Gasteiger partial charge on any atom is -0.504 e. The van der Waals surface area contributed by atoms with Gasteiger partial charge >= 0.3 is 0 Å². The minimum absolute atomic E-state index is 0.0319. The van der Waals surface area contributed by atoms with Crippen LogP contribution in [0.1, 0.15) is 47.5 Å². The van der Waals surface area contributed by atoms with E-state index in [2.05, 4.69) is 5.32 Å². The molecule has 2 aliphatic rings. The maximum absolute atomic E-state index is 13.1. The van der Waals surface area contributed by atoms with Crippen molar-refractivity contribution in [2.45, 2.75) is 38.1 Å². The maximum Gasteiger partial charge on any atom is 0.250 e. The fourth-order valence-corrected chi connectivity index (χ4v) is 5.78. The normalized spacial score (nSPS) is 18.5. The molecule has 40 heavy (non-hydrogen) atoms. The van der Waals surface area contributed by atoms with Crippen molar-refractivity contribution in [3.8, 4) is 17.2 Å². The highest BCUT2D eigenvalue weighted by Gasteiger charge is 2.36. The van der Waals surface area contributed by atoms with Crippen molar-refractivity contribution >= 4 is 11.8 Å². The Labute approximate surface area is 229 Å². The number of carbonyl (C=O) groups is 2. The maximum atomic E-state index is 13.1. The van der Waals surface area contributed by atoms with Crippen LogP contribution in [0.15, 0.2) is 56.5 Å². The number of likely N-dealkylation sites (tertiary alicyclic amines) is 1. The summed E-state index contributed by atoms with van der Waals surface area (Å²) in [7, 11) is 1.38. The van der Waals surface area contributed by atoms with Crippen LogP contribution in [0, 0.1) is 12.8 Å². The van der Waals surface area contributed by atoms with Crippen LogP contribution in [-0.2, 0) is 16.1 Å². The Morgan fingerprint density at radius 2 is 1.93 bits per heavy atom. The van der Waals surface area contributed by atoms with Crippen molar-refractivity contribution in [2.24, 2.45) is 5.92 Å². The van der Waals surface area contributed by atoms with Crippen molar-refractivity contribution in [3.63, 3.8) is 0 Å². The lowest BCUT2D eigenvalue weighted by molar-refractivity contribution is -0.135. The van der Waals surface area contributed by atoms with Crippen LogP contribution in [0.25, 0.3) is 0 Å². The van der Waals surface area contributed by atoms with Gasteiger partial charge in [0.15, 0.2) is 17.3 Å². The Morgan fingerprint density at radius 3 is 2.70 bits per heavy atom. The lowest BCUT2D eigenvalue weighted by Crippen LogP contribution is -2.51. The first-order chi connectivity index (χ1) is 19.1. The number of methoxy groups -OCH3 is 1. The number of phenolic OH excluding ortho intramolecular Hbond substituents is 1. The number of pyridine rings is 1. The molecule has 210 valence electrons. The number of aromatic hydroxyl groups is 2. The van der Waals surface area contributed by atoms with Gasteiger partial charge in [-0.15, -0.1) is 0 Å². The Morgan fingerprint density at radius 1 is 1.12 bits per heavy atom. The molecular weight excluding hydrogens is 518 g/mol. The number of phenols is 1. The van der Waals surface area contributed by atoms with Gasteiger partial charge in [-0.1, -0.05) is 12.1 Å². The van der Waals surface area contributed by atoms with Gasteiger partial charge in [0.05, 0.1) is 19.6 Å². The van der Waals surface area contributed by atoms with Gasteiger partial charge in [-0.25, -0.2) is 0 Å². The first kappa shape index (κ1) is 27.0. The first-order valence-electron chi connectivity index (χ1n) is 13.1. The summed E-state index contributed by atoms with van der Waals surface area (Å²) >= 11 is 0. The third-order valence-electron chi connectivity index (χ3n) is 7.65. The standard InChI is InChI=1S/C29H31N3O8/c1-16-8-23(34)28(38)29(40-16)20(18-6-7-22(33)24(10-18)39-2)11-25(35)30-12-27(37)31-13-17-9-19(15-31)21-4-3-5-26(36)32(21)14-17/h3-8,10,17,19-20,33,38H,9,11-15H2,1-2H3,(H,30,35). The molecule has 5 rings (SSSR count). The number of fused-ring (bicyclic) bond motifs is 4. The number of piperidine rings is 1. The number of hydrogen-bond donors (Lipinski definition) is 3. The topological polar surface area (TPSA) is 151 Å². The predicted octanol–water partition coefficient (Wildman–Crippen LogP) is 1.81. The van der Waals surface area contributed by atoms with Crippen molar-refractivity contribution in [1.82, 2.24) is 14.8 Å². The number of carbonyl (C=O) groups excluding carboxylic acids is 2. The molecule has 1 fully saturated rings. The van der Waals surface area contributed by atoms with Crippen molar-refractivity contribution in [1.29, 1.82) is 0 Å². The number of aryl methyl sites for hydroxylation is 1. The molecule has 3 aromatic rings. The van der Waals surface area contributed by atoms with E-state index in [1.54, 1.807) is 34.6 Å². The number of ether oxygens (including phenoxy) is 1. The van der Waals surface area contributed by atoms with E-state index in [1.165, 1.54) is 19.2 Å². The Balaban J connectivity index is 1.31. The number of rotatable bonds is 7. The zero-order valence-electron chi connectivity index (χ0n) is 22.3. The first-order valence-corrected chi connectivity index (χ1v) is 13.1. The van der Waals surface area contributed by atoms with Gasteiger partial charge in [-0.2, -0.15) is 0 Å². The molecule has 3 atom stereocenters. The number of nitrogens with one attached hydrogen (secondary N) is 1. The van der Waals surface area contributed by atoms with Crippen LogP contribution in [0.5, 0.6) is 17.2 Å². The third-order valence-corrected chi connectivity index (χ3v) is 7.65. The summed E-state index contributed by atoms with van der Waals surface area (Å²) in [6.07, 6.45) is 0.658. The molecule has 0 aliphatic carbocycles. The molecule has 4 heterocycles. The van der Waals surface area contributed by atoms with Gasteiger partial charge in [0.2, 0.25) is 23.0 Å². The number of amides is 2. The van der Waals surface area contributed by atoms with Crippen LogP contribution >= 0.6 is 0 Å². The molecule has 0 saturated carbocycles. The summed E-state index contributed by atoms with van der Waals surface area (Å²) < 4.78 is 12.7. The molecule has 3 unspecified atom stereocenters. The summed E-state index contributed by atoms with van der Waals surface area (Å²) in [6, 6.07) is 10.8. The van der Waals surface area contributed by atoms with Gasteiger partial charge in [0.25, 0.3) is 5.56 Å². The Kier molecular flexibility index (Phi) is 7.38. The molecule has 2 aromatic heterocycles. The van der Waals surface area contributed by atoms with Crippen LogP contribution in [0.3, 0.4) is 0 Å². The highest BCUT2D eigenvalue weighted by atomic mass is 16.5. The molecule has 11 nitrogen and oxygen atoms in total. The summed E-state index contributed by atoms with van der Waals surface area (Å²) in [5.41, 5.74) is 0.704. The molecule has 0 radical (unpaired) electrons. The van der Waals surface area contributed by atoms with E-state index in [0.29, 0.717) is 25.2 Å². The van der Waals surface area contributed by atoms with Crippen molar-refractivity contribution in [2.75, 3.05) is 26.7 Å². The molecule has 1 saturated heterocycles. The van der Waals surface area contributed by atoms with Crippen molar-refractivity contribution < 1.29 is 29.0 Å². The molecular formula is C29H31N3O8. The third kappa shape index (κ3) is 5.31. The van der Waals surface area contributed by atoms with Crippen LogP contribution in [-0.4, -0.2) is 58.2 Å². The van der Waals surface area contributed by atoms with E-state index in [4.69, 9.17) is 9.15 Å². The van der Waals surface area contributed by atoms with E-state index in [9.17, 15) is 29.4 Å². The molecule has 1 aromatic carbocycles. The van der Waals surface area contributed by atoms with Gasteiger partial charge in [-0.3, -0.25) is 19.2 Å². The molecule has 2 bridgehead atoms. The van der Waals surface area contributed by atoms with E-state index in [0.717, 1.165) is 18.2 Å². The lowest BCUT2D eigenvalue weighted by atomic mass is 9.83.